The molecule has 0 amide bonds. The number of hydrogen-bond acceptors (Lipinski definition) is 0. The molecule has 0 bridgehead atoms. The molecule has 2 aromatic heterocycles. The monoisotopic (exact) mass is 676 g/mol. The third-order valence-corrected chi connectivity index (χ3v) is 12.8. The first-order valence-corrected chi connectivity index (χ1v) is 18.9. The minimum Gasteiger partial charge on any atom is -0.309 e. The first-order valence-electron chi connectivity index (χ1n) is 18.9. The summed E-state index contributed by atoms with van der Waals surface area (Å²) in [6.45, 7) is 4.87. The van der Waals surface area contributed by atoms with E-state index in [2.05, 4.69) is 193 Å². The molecule has 8 aromatic carbocycles. The number of para-hydroxylation sites is 2. The Labute approximate surface area is 307 Å². The van der Waals surface area contributed by atoms with E-state index in [1.54, 1.807) is 0 Å². The molecule has 0 saturated carbocycles. The van der Waals surface area contributed by atoms with Gasteiger partial charge in [-0.2, -0.15) is 0 Å². The average molecular weight is 677 g/mol. The Hall–Kier alpha value is -6.38. The van der Waals surface area contributed by atoms with Crippen molar-refractivity contribution in [1.29, 1.82) is 0 Å². The van der Waals surface area contributed by atoms with E-state index in [0.29, 0.717) is 11.8 Å². The summed E-state index contributed by atoms with van der Waals surface area (Å²) in [7, 11) is 0. The zero-order valence-electron chi connectivity index (χ0n) is 29.7. The van der Waals surface area contributed by atoms with E-state index in [0.717, 1.165) is 0 Å². The van der Waals surface area contributed by atoms with E-state index in [-0.39, 0.29) is 5.41 Å². The van der Waals surface area contributed by atoms with Crippen LogP contribution in [-0.2, 0) is 5.41 Å². The highest BCUT2D eigenvalue weighted by Gasteiger charge is 2.45. The van der Waals surface area contributed by atoms with E-state index in [1.807, 2.05) is 0 Å². The predicted octanol–water partition coefficient (Wildman–Crippen LogP) is 13.5. The van der Waals surface area contributed by atoms with Gasteiger partial charge in [-0.25, -0.2) is 0 Å². The molecule has 2 aliphatic rings. The zero-order chi connectivity index (χ0) is 35.0. The van der Waals surface area contributed by atoms with E-state index in [1.165, 1.54) is 98.4 Å². The van der Waals surface area contributed by atoms with Crippen LogP contribution in [0.15, 0.2) is 170 Å². The molecule has 2 atom stereocenters. The van der Waals surface area contributed by atoms with E-state index in [9.17, 15) is 0 Å². The van der Waals surface area contributed by atoms with Gasteiger partial charge in [0, 0.05) is 38.8 Å². The number of benzene rings is 8. The second-order valence-electron chi connectivity index (χ2n) is 15.7. The zero-order valence-corrected chi connectivity index (χ0v) is 29.7. The molecule has 0 aliphatic heterocycles. The molecule has 0 spiro atoms. The van der Waals surface area contributed by atoms with Gasteiger partial charge in [0.15, 0.2) is 0 Å². The van der Waals surface area contributed by atoms with Crippen molar-refractivity contribution in [2.24, 2.45) is 5.92 Å². The number of fused-ring (bicyclic) bond motifs is 15. The standard InChI is InChI=1S/C51H36N2/c1-51(2)45-20-10-7-17-37(45)42-28-44-43-27-40-35-15-5-3-13-33(35)34-14-4-6-16-36(34)41(40)29-49(43)53(50(44)30-46(42)51)32-25-23-31(24-26-32)52-47-21-11-8-18-38(47)39-19-9-12-22-48(39)52/h3-30,37,45H,1-2H3. The van der Waals surface area contributed by atoms with Crippen molar-refractivity contribution in [2.45, 2.75) is 25.2 Å². The van der Waals surface area contributed by atoms with Crippen molar-refractivity contribution >= 4 is 75.9 Å². The summed E-state index contributed by atoms with van der Waals surface area (Å²) >= 11 is 0. The van der Waals surface area contributed by atoms with Gasteiger partial charge in [0.2, 0.25) is 0 Å². The molecule has 250 valence electrons. The van der Waals surface area contributed by atoms with Gasteiger partial charge < -0.3 is 9.13 Å². The Morgan fingerprint density at radius 3 is 1.45 bits per heavy atom. The molecule has 2 aliphatic carbocycles. The van der Waals surface area contributed by atoms with E-state index >= 15 is 0 Å². The maximum absolute atomic E-state index is 2.54. The van der Waals surface area contributed by atoms with Crippen molar-refractivity contribution in [3.8, 4) is 11.4 Å². The van der Waals surface area contributed by atoms with Crippen LogP contribution >= 0.6 is 0 Å². The second kappa shape index (κ2) is 10.4. The Balaban J connectivity index is 1.17. The summed E-state index contributed by atoms with van der Waals surface area (Å²) < 4.78 is 4.94. The molecule has 2 heterocycles. The third kappa shape index (κ3) is 3.83. The number of aromatic nitrogens is 2. The maximum atomic E-state index is 2.54. The number of allylic oxidation sites excluding steroid dienone is 4. The lowest BCUT2D eigenvalue weighted by molar-refractivity contribution is 0.394. The summed E-state index contributed by atoms with van der Waals surface area (Å²) in [5.41, 5.74) is 10.3. The van der Waals surface area contributed by atoms with Gasteiger partial charge in [0.25, 0.3) is 0 Å². The lowest BCUT2D eigenvalue weighted by Gasteiger charge is -2.29. The van der Waals surface area contributed by atoms with Crippen molar-refractivity contribution in [2.75, 3.05) is 0 Å². The Morgan fingerprint density at radius 2 is 0.849 bits per heavy atom. The highest BCUT2D eigenvalue weighted by molar-refractivity contribution is 6.29. The Bertz CT molecular complexity index is 3200. The molecular formula is C51H36N2. The fourth-order valence-corrected chi connectivity index (χ4v) is 10.3. The molecule has 2 nitrogen and oxygen atoms in total. The minimum atomic E-state index is 0.0221. The molecule has 0 radical (unpaired) electrons. The van der Waals surface area contributed by atoms with Crippen LogP contribution in [0.25, 0.3) is 87.3 Å². The molecule has 12 rings (SSSR count). The lowest BCUT2D eigenvalue weighted by atomic mass is 9.74. The first-order chi connectivity index (χ1) is 26.1. The second-order valence-corrected chi connectivity index (χ2v) is 15.7. The maximum Gasteiger partial charge on any atom is 0.0547 e. The van der Waals surface area contributed by atoms with Gasteiger partial charge in [-0.05, 0) is 115 Å². The SMILES string of the molecule is CC1(C)c2cc3c(cc2C2C=CC=CC21)c1cc2c4ccccc4c4ccccc4c2cc1n3-c1ccc(-n2c3ccccc3c3ccccc32)cc1. The summed E-state index contributed by atoms with van der Waals surface area (Å²) in [6, 6.07) is 54.6. The van der Waals surface area contributed by atoms with Gasteiger partial charge in [-0.15, -0.1) is 0 Å². The van der Waals surface area contributed by atoms with Crippen molar-refractivity contribution < 1.29 is 0 Å². The van der Waals surface area contributed by atoms with Gasteiger partial charge in [0.1, 0.15) is 0 Å². The van der Waals surface area contributed by atoms with Crippen molar-refractivity contribution in [3.63, 3.8) is 0 Å². The van der Waals surface area contributed by atoms with Crippen LogP contribution in [0.4, 0.5) is 0 Å². The predicted molar refractivity (Wildman–Crippen MR) is 225 cm³/mol. The average Bonchev–Trinajstić information content (AvgIpc) is 3.79. The van der Waals surface area contributed by atoms with Crippen LogP contribution in [0.5, 0.6) is 0 Å². The van der Waals surface area contributed by atoms with Gasteiger partial charge >= 0.3 is 0 Å². The van der Waals surface area contributed by atoms with Crippen LogP contribution in [0, 0.1) is 5.92 Å². The number of nitrogens with zero attached hydrogens (tertiary/aromatic N) is 2. The van der Waals surface area contributed by atoms with Gasteiger partial charge in [0.05, 0.1) is 22.1 Å². The van der Waals surface area contributed by atoms with E-state index in [4.69, 9.17) is 0 Å². The number of hydrogen-bond donors (Lipinski definition) is 0. The van der Waals surface area contributed by atoms with E-state index < -0.39 is 0 Å². The molecule has 53 heavy (non-hydrogen) atoms. The minimum absolute atomic E-state index is 0.0221. The summed E-state index contributed by atoms with van der Waals surface area (Å²) in [5.74, 6) is 0.846. The molecule has 0 N–H and O–H groups in total. The molecule has 0 fully saturated rings. The third-order valence-electron chi connectivity index (χ3n) is 12.8. The topological polar surface area (TPSA) is 9.86 Å². The molecule has 10 aromatic rings. The van der Waals surface area contributed by atoms with Gasteiger partial charge in [-0.1, -0.05) is 123 Å². The number of rotatable bonds is 2. The molecule has 2 heteroatoms. The lowest BCUT2D eigenvalue weighted by Crippen LogP contribution is -2.24. The fraction of sp³-hybridized carbons (Fsp3) is 0.0980. The quantitative estimate of drug-likeness (QED) is 0.161. The van der Waals surface area contributed by atoms with Gasteiger partial charge in [-0.3, -0.25) is 0 Å². The van der Waals surface area contributed by atoms with Crippen LogP contribution < -0.4 is 0 Å². The summed E-state index contributed by atoms with van der Waals surface area (Å²) in [4.78, 5) is 0. The fourth-order valence-electron chi connectivity index (χ4n) is 10.3. The summed E-state index contributed by atoms with van der Waals surface area (Å²) in [5, 5.41) is 13.0. The van der Waals surface area contributed by atoms with Crippen LogP contribution in [0.1, 0.15) is 30.9 Å². The van der Waals surface area contributed by atoms with Crippen LogP contribution in [0.2, 0.25) is 0 Å². The Morgan fingerprint density at radius 1 is 0.396 bits per heavy atom. The molecule has 0 saturated heterocycles. The van der Waals surface area contributed by atoms with Crippen molar-refractivity contribution in [1.82, 2.24) is 9.13 Å². The van der Waals surface area contributed by atoms with Crippen LogP contribution in [0.3, 0.4) is 0 Å². The largest absolute Gasteiger partial charge is 0.309 e. The highest BCUT2D eigenvalue weighted by atomic mass is 15.0. The van der Waals surface area contributed by atoms with Crippen LogP contribution in [-0.4, -0.2) is 9.13 Å². The summed E-state index contributed by atoms with van der Waals surface area (Å²) in [6.07, 6.45) is 9.33. The smallest absolute Gasteiger partial charge is 0.0547 e. The molecular weight excluding hydrogens is 641 g/mol. The van der Waals surface area contributed by atoms with Crippen molar-refractivity contribution in [3.05, 3.63) is 181 Å². The first kappa shape index (κ1) is 29.2. The molecule has 2 unspecified atom stereocenters. The highest BCUT2D eigenvalue weighted by Crippen LogP contribution is 2.55. The normalized spacial score (nSPS) is 17.6. The Kier molecular flexibility index (Phi) is 5.71.